The van der Waals surface area contributed by atoms with Gasteiger partial charge in [0.25, 0.3) is 0 Å². The van der Waals surface area contributed by atoms with E-state index in [2.05, 4.69) is 25.6 Å². The largest absolute Gasteiger partial charge is 0.492 e. The van der Waals surface area contributed by atoms with Crippen LogP contribution in [0.5, 0.6) is 5.75 Å². The Kier molecular flexibility index (Phi) is 6.69. The van der Waals surface area contributed by atoms with E-state index in [1.807, 2.05) is 36.4 Å². The van der Waals surface area contributed by atoms with E-state index < -0.39 is 10.0 Å². The molecule has 0 bridgehead atoms. The molecule has 1 aliphatic heterocycles. The molecule has 0 unspecified atom stereocenters. The number of para-hydroxylation sites is 1. The van der Waals surface area contributed by atoms with Crippen molar-refractivity contribution in [1.29, 1.82) is 0 Å². The molecule has 3 rings (SSSR count). The molecule has 2 aromatic rings. The predicted molar refractivity (Wildman–Crippen MR) is 106 cm³/mol. The van der Waals surface area contributed by atoms with Gasteiger partial charge in [0, 0.05) is 17.1 Å². The van der Waals surface area contributed by atoms with Crippen LogP contribution in [0.15, 0.2) is 64.0 Å². The summed E-state index contributed by atoms with van der Waals surface area (Å²) < 4.78 is 34.3. The van der Waals surface area contributed by atoms with Crippen LogP contribution in [0, 0.1) is 0 Å². The van der Waals surface area contributed by atoms with E-state index in [1.165, 1.54) is 0 Å². The minimum absolute atomic E-state index is 0.0229. The number of nitrogens with zero attached hydrogens (tertiary/aromatic N) is 1. The zero-order valence-electron chi connectivity index (χ0n) is 14.5. The summed E-state index contributed by atoms with van der Waals surface area (Å²) in [6, 6.07) is 16.5. The maximum absolute atomic E-state index is 12.5. The fourth-order valence-corrected chi connectivity index (χ4v) is 4.91. The lowest BCUT2D eigenvalue weighted by Crippen LogP contribution is -2.45. The van der Waals surface area contributed by atoms with Crippen molar-refractivity contribution in [2.45, 2.75) is 23.8 Å². The first-order valence-corrected chi connectivity index (χ1v) is 11.0. The lowest BCUT2D eigenvalue weighted by molar-refractivity contribution is 0.170. The number of nitrogens with one attached hydrogen (secondary N) is 1. The van der Waals surface area contributed by atoms with Crippen molar-refractivity contribution in [2.75, 3.05) is 26.2 Å². The van der Waals surface area contributed by atoms with E-state index in [0.717, 1.165) is 42.7 Å². The average molecular weight is 439 g/mol. The van der Waals surface area contributed by atoms with Gasteiger partial charge in [-0.25, -0.2) is 13.1 Å². The Bertz CT molecular complexity index is 807. The molecule has 0 saturated carbocycles. The summed E-state index contributed by atoms with van der Waals surface area (Å²) in [6.07, 6.45) is 1.61. The fourth-order valence-electron chi connectivity index (χ4n) is 3.01. The van der Waals surface area contributed by atoms with Crippen molar-refractivity contribution in [3.63, 3.8) is 0 Å². The van der Waals surface area contributed by atoms with Crippen LogP contribution in [0.1, 0.15) is 12.8 Å². The number of likely N-dealkylation sites (tertiary alicyclic amines) is 1. The molecule has 0 amide bonds. The zero-order valence-corrected chi connectivity index (χ0v) is 16.9. The van der Waals surface area contributed by atoms with Gasteiger partial charge in [0.1, 0.15) is 12.4 Å². The molecule has 1 heterocycles. The quantitative estimate of drug-likeness (QED) is 0.720. The van der Waals surface area contributed by atoms with Crippen LogP contribution >= 0.6 is 15.9 Å². The van der Waals surface area contributed by atoms with Gasteiger partial charge in [-0.2, -0.15) is 0 Å². The van der Waals surface area contributed by atoms with Gasteiger partial charge < -0.3 is 4.74 Å². The molecule has 0 radical (unpaired) electrons. The molecule has 140 valence electrons. The zero-order chi connectivity index (χ0) is 18.4. The monoisotopic (exact) mass is 438 g/mol. The number of piperidine rings is 1. The van der Waals surface area contributed by atoms with Gasteiger partial charge in [-0.1, -0.05) is 40.2 Å². The van der Waals surface area contributed by atoms with E-state index in [0.29, 0.717) is 11.5 Å². The van der Waals surface area contributed by atoms with Crippen LogP contribution in [0.4, 0.5) is 0 Å². The number of halogens is 1. The van der Waals surface area contributed by atoms with Crippen molar-refractivity contribution >= 4 is 26.0 Å². The van der Waals surface area contributed by atoms with Crippen LogP contribution in [0.3, 0.4) is 0 Å². The van der Waals surface area contributed by atoms with E-state index in [4.69, 9.17) is 4.74 Å². The molecule has 2 aromatic carbocycles. The highest BCUT2D eigenvalue weighted by atomic mass is 79.9. The van der Waals surface area contributed by atoms with Crippen molar-refractivity contribution in [1.82, 2.24) is 9.62 Å². The smallest absolute Gasteiger partial charge is 0.240 e. The highest BCUT2D eigenvalue weighted by molar-refractivity contribution is 9.10. The van der Waals surface area contributed by atoms with Gasteiger partial charge in [0.2, 0.25) is 10.0 Å². The molecular weight excluding hydrogens is 416 g/mol. The number of sulfonamides is 1. The third kappa shape index (κ3) is 5.54. The van der Waals surface area contributed by atoms with Crippen LogP contribution in [0.2, 0.25) is 0 Å². The van der Waals surface area contributed by atoms with Gasteiger partial charge in [-0.15, -0.1) is 0 Å². The molecular formula is C19H23BrN2O3S. The molecule has 5 nitrogen and oxygen atoms in total. The second kappa shape index (κ2) is 8.99. The molecule has 7 heteroatoms. The molecule has 0 atom stereocenters. The normalized spacial score (nSPS) is 16.5. The van der Waals surface area contributed by atoms with Gasteiger partial charge >= 0.3 is 0 Å². The Balaban J connectivity index is 1.43. The predicted octanol–water partition coefficient (Wildman–Crippen LogP) is 3.27. The standard InChI is InChI=1S/C19H23BrN2O3S/c20-16-5-4-8-19(15-16)26(23,24)21-17-9-11-22(12-10-17)13-14-25-18-6-2-1-3-7-18/h1-8,15,17,21H,9-14H2. The molecule has 0 spiro atoms. The Labute approximate surface area is 163 Å². The number of ether oxygens (including phenoxy) is 1. The lowest BCUT2D eigenvalue weighted by Gasteiger charge is -2.32. The highest BCUT2D eigenvalue weighted by Gasteiger charge is 2.24. The maximum Gasteiger partial charge on any atom is 0.240 e. The molecule has 0 aromatic heterocycles. The highest BCUT2D eigenvalue weighted by Crippen LogP contribution is 2.18. The van der Waals surface area contributed by atoms with E-state index >= 15 is 0 Å². The van der Waals surface area contributed by atoms with E-state index in [1.54, 1.807) is 18.2 Å². The minimum atomic E-state index is -3.48. The number of benzene rings is 2. The van der Waals surface area contributed by atoms with Crippen molar-refractivity contribution in [3.05, 3.63) is 59.1 Å². The molecule has 1 saturated heterocycles. The molecule has 1 aliphatic rings. The van der Waals surface area contributed by atoms with Crippen LogP contribution in [-0.4, -0.2) is 45.6 Å². The van der Waals surface area contributed by atoms with Gasteiger partial charge in [-0.05, 0) is 56.3 Å². The SMILES string of the molecule is O=S(=O)(NC1CCN(CCOc2ccccc2)CC1)c1cccc(Br)c1. The summed E-state index contributed by atoms with van der Waals surface area (Å²) in [7, 11) is -3.48. The summed E-state index contributed by atoms with van der Waals surface area (Å²) >= 11 is 3.32. The Morgan fingerprint density at radius 1 is 1.08 bits per heavy atom. The van der Waals surface area contributed by atoms with Crippen molar-refractivity contribution < 1.29 is 13.2 Å². The Hall–Kier alpha value is -1.41. The fraction of sp³-hybridized carbons (Fsp3) is 0.368. The van der Waals surface area contributed by atoms with Gasteiger partial charge in [0.15, 0.2) is 0 Å². The number of hydrogen-bond donors (Lipinski definition) is 1. The second-order valence-electron chi connectivity index (χ2n) is 6.36. The summed E-state index contributed by atoms with van der Waals surface area (Å²) in [5.41, 5.74) is 0. The van der Waals surface area contributed by atoms with Gasteiger partial charge in [-0.3, -0.25) is 4.90 Å². The number of rotatable bonds is 7. The molecule has 1 fully saturated rings. The average Bonchev–Trinajstić information content (AvgIpc) is 2.64. The van der Waals surface area contributed by atoms with Crippen molar-refractivity contribution in [2.24, 2.45) is 0 Å². The summed E-state index contributed by atoms with van der Waals surface area (Å²) in [6.45, 7) is 3.21. The van der Waals surface area contributed by atoms with Crippen LogP contribution < -0.4 is 9.46 Å². The summed E-state index contributed by atoms with van der Waals surface area (Å²) in [5.74, 6) is 0.879. The topological polar surface area (TPSA) is 58.6 Å². The maximum atomic E-state index is 12.5. The first-order chi connectivity index (χ1) is 12.5. The first kappa shape index (κ1) is 19.4. The first-order valence-electron chi connectivity index (χ1n) is 8.71. The van der Waals surface area contributed by atoms with Crippen molar-refractivity contribution in [3.8, 4) is 5.75 Å². The minimum Gasteiger partial charge on any atom is -0.492 e. The third-order valence-corrected chi connectivity index (χ3v) is 6.45. The Morgan fingerprint density at radius 2 is 1.81 bits per heavy atom. The summed E-state index contributed by atoms with van der Waals surface area (Å²) in [4.78, 5) is 2.61. The lowest BCUT2D eigenvalue weighted by atomic mass is 10.1. The third-order valence-electron chi connectivity index (χ3n) is 4.44. The number of hydrogen-bond acceptors (Lipinski definition) is 4. The van der Waals surface area contributed by atoms with Gasteiger partial charge in [0.05, 0.1) is 4.90 Å². The summed E-state index contributed by atoms with van der Waals surface area (Å²) in [5, 5.41) is 0. The molecule has 26 heavy (non-hydrogen) atoms. The van der Waals surface area contributed by atoms with Crippen LogP contribution in [-0.2, 0) is 10.0 Å². The molecule has 0 aliphatic carbocycles. The second-order valence-corrected chi connectivity index (χ2v) is 8.99. The Morgan fingerprint density at radius 3 is 2.50 bits per heavy atom. The van der Waals surface area contributed by atoms with Crippen LogP contribution in [0.25, 0.3) is 0 Å². The molecule has 1 N–H and O–H groups in total. The van der Waals surface area contributed by atoms with E-state index in [9.17, 15) is 8.42 Å². The van der Waals surface area contributed by atoms with E-state index in [-0.39, 0.29) is 6.04 Å².